The molecule has 2 aliphatic rings. The number of nitrogens with one attached hydrogen (secondary N) is 2. The number of carboxylic acid groups (broad SMARTS) is 1. The number of nitrogens with zero attached hydrogens (tertiary/aromatic N) is 8. The smallest absolute Gasteiger partial charge is 0.404 e. The second kappa shape index (κ2) is 10.1. The molecule has 4 heterocycles. The van der Waals surface area contributed by atoms with Crippen LogP contribution in [0.2, 0.25) is 0 Å². The number of anilines is 1. The molecule has 0 unspecified atom stereocenters. The first kappa shape index (κ1) is 23.8. The van der Waals surface area contributed by atoms with E-state index in [0.29, 0.717) is 23.1 Å². The van der Waals surface area contributed by atoms with Crippen molar-refractivity contribution in [3.8, 4) is 23.1 Å². The van der Waals surface area contributed by atoms with E-state index in [0.717, 1.165) is 60.9 Å². The lowest BCUT2D eigenvalue weighted by atomic mass is 9.91. The second-order valence-corrected chi connectivity index (χ2v) is 10.1. The lowest BCUT2D eigenvalue weighted by Gasteiger charge is -2.28. The van der Waals surface area contributed by atoms with Gasteiger partial charge in [-0.1, -0.05) is 18.1 Å². The van der Waals surface area contributed by atoms with Crippen LogP contribution in [0, 0.1) is 11.3 Å². The molecule has 2 fully saturated rings. The number of nitriles is 1. The molecule has 12 nitrogen and oxygen atoms in total. The van der Waals surface area contributed by atoms with Gasteiger partial charge in [-0.15, -0.1) is 5.10 Å². The molecule has 0 atom stereocenters. The number of pyridine rings is 2. The van der Waals surface area contributed by atoms with Gasteiger partial charge in [0.1, 0.15) is 11.8 Å². The van der Waals surface area contributed by atoms with Gasteiger partial charge < -0.3 is 15.7 Å². The maximum absolute atomic E-state index is 11.0. The van der Waals surface area contributed by atoms with Gasteiger partial charge in [-0.05, 0) is 44.6 Å². The van der Waals surface area contributed by atoms with Crippen molar-refractivity contribution in [3.05, 3.63) is 42.5 Å². The second-order valence-electron chi connectivity index (χ2n) is 10.1. The van der Waals surface area contributed by atoms with Crippen molar-refractivity contribution in [2.75, 3.05) is 5.32 Å². The summed E-state index contributed by atoms with van der Waals surface area (Å²) >= 11 is 0. The zero-order valence-electron chi connectivity index (χ0n) is 20.8. The van der Waals surface area contributed by atoms with Crippen LogP contribution in [0.4, 0.5) is 10.5 Å². The SMILES string of the molecule is N#Cc1cnc2c(cnn2-c2cc(NC3CCCC3)c(-c3cn(C4CCC(NC(=O)O)CC4)nn3)cn2)c1. The van der Waals surface area contributed by atoms with Gasteiger partial charge in [0, 0.05) is 47.2 Å². The quantitative estimate of drug-likeness (QED) is 0.346. The van der Waals surface area contributed by atoms with Gasteiger partial charge in [-0.2, -0.15) is 15.0 Å². The minimum atomic E-state index is -0.972. The van der Waals surface area contributed by atoms with Crippen molar-refractivity contribution in [1.29, 1.82) is 5.26 Å². The molecule has 12 heteroatoms. The van der Waals surface area contributed by atoms with Crippen molar-refractivity contribution in [3.63, 3.8) is 0 Å². The Labute approximate surface area is 218 Å². The minimum Gasteiger partial charge on any atom is -0.465 e. The average molecular weight is 513 g/mol. The molecule has 3 N–H and O–H groups in total. The van der Waals surface area contributed by atoms with Crippen LogP contribution < -0.4 is 10.6 Å². The fraction of sp³-hybridized carbons (Fsp3) is 0.423. The molecule has 1 amide bonds. The standard InChI is InChI=1S/C26H28N10O2/c27-11-16-9-17-13-30-36(25(17)29-12-16)24-10-22(31-18-3-1-2-4-18)21(14-28-24)23-15-35(34-33-23)20-7-5-19(6-8-20)32-26(37)38/h9-10,12-15,18-20,32H,1-8H2,(H,28,31)(H,37,38). The van der Waals surface area contributed by atoms with Gasteiger partial charge in [0.05, 0.1) is 24.0 Å². The zero-order chi connectivity index (χ0) is 26.1. The third kappa shape index (κ3) is 4.74. The summed E-state index contributed by atoms with van der Waals surface area (Å²) in [5.74, 6) is 0.623. The molecule has 38 heavy (non-hydrogen) atoms. The minimum absolute atomic E-state index is 0.00921. The summed E-state index contributed by atoms with van der Waals surface area (Å²) < 4.78 is 3.58. The molecule has 0 aliphatic heterocycles. The van der Waals surface area contributed by atoms with Gasteiger partial charge in [0.25, 0.3) is 0 Å². The number of hydrogen-bond donors (Lipinski definition) is 3. The maximum Gasteiger partial charge on any atom is 0.404 e. The predicted octanol–water partition coefficient (Wildman–Crippen LogP) is 4.05. The number of amides is 1. The predicted molar refractivity (Wildman–Crippen MR) is 139 cm³/mol. The number of aromatic nitrogens is 7. The van der Waals surface area contributed by atoms with Crippen LogP contribution >= 0.6 is 0 Å². The van der Waals surface area contributed by atoms with Crippen LogP contribution in [0.3, 0.4) is 0 Å². The fourth-order valence-electron chi connectivity index (χ4n) is 5.56. The molecule has 2 aliphatic carbocycles. The van der Waals surface area contributed by atoms with E-state index in [4.69, 9.17) is 10.1 Å². The van der Waals surface area contributed by atoms with Crippen LogP contribution in [0.25, 0.3) is 28.1 Å². The first-order chi connectivity index (χ1) is 18.6. The van der Waals surface area contributed by atoms with E-state index < -0.39 is 6.09 Å². The van der Waals surface area contributed by atoms with Crippen LogP contribution in [0.15, 0.2) is 36.9 Å². The molecular weight excluding hydrogens is 484 g/mol. The summed E-state index contributed by atoms with van der Waals surface area (Å²) in [6.07, 6.45) is 13.9. The fourth-order valence-corrected chi connectivity index (χ4v) is 5.56. The molecule has 0 aromatic carbocycles. The molecule has 0 spiro atoms. The Morgan fingerprint density at radius 1 is 1.03 bits per heavy atom. The highest BCUT2D eigenvalue weighted by Crippen LogP contribution is 2.33. The Balaban J connectivity index is 1.29. The lowest BCUT2D eigenvalue weighted by molar-refractivity contribution is 0.181. The van der Waals surface area contributed by atoms with Gasteiger partial charge in [-0.3, -0.25) is 0 Å². The van der Waals surface area contributed by atoms with E-state index in [1.54, 1.807) is 23.1 Å². The highest BCUT2D eigenvalue weighted by atomic mass is 16.4. The van der Waals surface area contributed by atoms with Gasteiger partial charge in [-0.25, -0.2) is 19.4 Å². The summed E-state index contributed by atoms with van der Waals surface area (Å²) in [5.41, 5.74) is 3.64. The Morgan fingerprint density at radius 2 is 1.84 bits per heavy atom. The van der Waals surface area contributed by atoms with Gasteiger partial charge in [0.15, 0.2) is 11.5 Å². The van der Waals surface area contributed by atoms with E-state index in [9.17, 15) is 10.1 Å². The Bertz CT molecular complexity index is 1510. The van der Waals surface area contributed by atoms with Gasteiger partial charge in [0.2, 0.25) is 0 Å². The molecular formula is C26H28N10O2. The van der Waals surface area contributed by atoms with Gasteiger partial charge >= 0.3 is 6.09 Å². The lowest BCUT2D eigenvalue weighted by Crippen LogP contribution is -2.37. The first-order valence-corrected chi connectivity index (χ1v) is 13.0. The van der Waals surface area contributed by atoms with E-state index in [1.165, 1.54) is 19.0 Å². The maximum atomic E-state index is 11.0. The largest absolute Gasteiger partial charge is 0.465 e. The van der Waals surface area contributed by atoms with Crippen molar-refractivity contribution < 1.29 is 9.90 Å². The van der Waals surface area contributed by atoms with Crippen LogP contribution in [-0.4, -0.2) is 58.0 Å². The molecule has 4 aromatic heterocycles. The zero-order valence-corrected chi connectivity index (χ0v) is 20.8. The molecule has 2 saturated carbocycles. The number of hydrogen-bond acceptors (Lipinski definition) is 8. The van der Waals surface area contributed by atoms with E-state index in [-0.39, 0.29) is 12.1 Å². The van der Waals surface area contributed by atoms with E-state index >= 15 is 0 Å². The molecule has 4 aromatic rings. The Kier molecular flexibility index (Phi) is 6.33. The Hall–Kier alpha value is -4.53. The van der Waals surface area contributed by atoms with Crippen molar-refractivity contribution in [1.82, 2.24) is 40.1 Å². The highest BCUT2D eigenvalue weighted by Gasteiger charge is 2.25. The van der Waals surface area contributed by atoms with Crippen LogP contribution in [0.1, 0.15) is 63.0 Å². The summed E-state index contributed by atoms with van der Waals surface area (Å²) in [4.78, 5) is 20.1. The summed E-state index contributed by atoms with van der Waals surface area (Å²) in [5, 5.41) is 38.6. The topological polar surface area (TPSA) is 159 Å². The monoisotopic (exact) mass is 512 g/mol. The van der Waals surface area contributed by atoms with Crippen molar-refractivity contribution in [2.24, 2.45) is 0 Å². The number of carbonyl (C=O) groups is 1. The van der Waals surface area contributed by atoms with Crippen LogP contribution in [0.5, 0.6) is 0 Å². The summed E-state index contributed by atoms with van der Waals surface area (Å²) in [6.45, 7) is 0. The van der Waals surface area contributed by atoms with Crippen molar-refractivity contribution in [2.45, 2.75) is 69.5 Å². The molecule has 0 saturated heterocycles. The molecule has 194 valence electrons. The molecule has 0 radical (unpaired) electrons. The number of fused-ring (bicyclic) bond motifs is 1. The molecule has 0 bridgehead atoms. The normalized spacial score (nSPS) is 19.9. The Morgan fingerprint density at radius 3 is 2.61 bits per heavy atom. The van der Waals surface area contributed by atoms with Crippen molar-refractivity contribution >= 4 is 22.8 Å². The van der Waals surface area contributed by atoms with Crippen LogP contribution in [-0.2, 0) is 0 Å². The third-order valence-corrected chi connectivity index (χ3v) is 7.54. The molecule has 6 rings (SSSR count). The average Bonchev–Trinajstić information content (AvgIpc) is 3.70. The third-order valence-electron chi connectivity index (χ3n) is 7.54. The van der Waals surface area contributed by atoms with E-state index in [2.05, 4.69) is 37.1 Å². The summed E-state index contributed by atoms with van der Waals surface area (Å²) in [7, 11) is 0. The number of rotatable bonds is 6. The highest BCUT2D eigenvalue weighted by molar-refractivity contribution is 5.79. The van der Waals surface area contributed by atoms with E-state index in [1.807, 2.05) is 16.9 Å². The first-order valence-electron chi connectivity index (χ1n) is 13.0. The summed E-state index contributed by atoms with van der Waals surface area (Å²) in [6, 6.07) is 6.40.